The van der Waals surface area contributed by atoms with Crippen molar-refractivity contribution >= 4 is 10.8 Å². The summed E-state index contributed by atoms with van der Waals surface area (Å²) in [6, 6.07) is 7.13. The van der Waals surface area contributed by atoms with Crippen molar-refractivity contribution in [2.75, 3.05) is 0 Å². The first-order valence-electron chi connectivity index (χ1n) is 5.97. The van der Waals surface area contributed by atoms with Gasteiger partial charge in [0.1, 0.15) is 0 Å². The number of H-pyrrole nitrogens is 1. The maximum Gasteiger partial charge on any atom is 0.335 e. The third-order valence-electron chi connectivity index (χ3n) is 3.21. The van der Waals surface area contributed by atoms with Gasteiger partial charge in [-0.1, -0.05) is 12.1 Å². The normalized spacial score (nSPS) is 10.8. The average Bonchev–Trinajstić information content (AvgIpc) is 2.45. The van der Waals surface area contributed by atoms with Gasteiger partial charge in [0.05, 0.1) is 11.3 Å². The minimum Gasteiger partial charge on any atom is -0.494 e. The Bertz CT molecular complexity index is 920. The molecule has 2 heterocycles. The number of hydrogen-bond donors (Lipinski definition) is 2. The molecule has 0 unspecified atom stereocenters. The van der Waals surface area contributed by atoms with Crippen molar-refractivity contribution < 1.29 is 5.11 Å². The number of aromatic amines is 1. The molecule has 0 atom stereocenters. The molecule has 2 aromatic heterocycles. The molecule has 0 bridgehead atoms. The fraction of sp³-hybridized carbons (Fsp3) is 0.0714. The van der Waals surface area contributed by atoms with Crippen LogP contribution in [0.3, 0.4) is 0 Å². The van der Waals surface area contributed by atoms with Crippen LogP contribution in [-0.4, -0.2) is 19.6 Å². The fourth-order valence-corrected chi connectivity index (χ4v) is 2.13. The minimum atomic E-state index is -0.686. The van der Waals surface area contributed by atoms with Crippen LogP contribution in [-0.2, 0) is 0 Å². The van der Waals surface area contributed by atoms with Gasteiger partial charge in [-0.05, 0) is 24.4 Å². The number of rotatable bonds is 1. The van der Waals surface area contributed by atoms with Crippen LogP contribution >= 0.6 is 0 Å². The van der Waals surface area contributed by atoms with Crippen LogP contribution in [0, 0.1) is 6.92 Å². The van der Waals surface area contributed by atoms with E-state index in [1.165, 1.54) is 6.92 Å². The number of fused-ring (bicyclic) bond motifs is 1. The maximum atomic E-state index is 12.0. The molecule has 6 nitrogen and oxygen atoms in total. The largest absolute Gasteiger partial charge is 0.494 e. The summed E-state index contributed by atoms with van der Waals surface area (Å²) < 4.78 is 1.07. The van der Waals surface area contributed by atoms with Gasteiger partial charge in [0, 0.05) is 17.8 Å². The Morgan fingerprint density at radius 3 is 2.85 bits per heavy atom. The SMILES string of the molecule is Cc1c(O)n(-c2cccc3ccncc23)c(=O)[nH]c1=O. The van der Waals surface area contributed by atoms with Crippen molar-refractivity contribution in [2.24, 2.45) is 0 Å². The molecule has 3 rings (SSSR count). The Morgan fingerprint density at radius 1 is 1.25 bits per heavy atom. The lowest BCUT2D eigenvalue weighted by Gasteiger charge is -2.11. The number of hydrogen-bond acceptors (Lipinski definition) is 4. The van der Waals surface area contributed by atoms with Crippen molar-refractivity contribution in [3.05, 3.63) is 63.1 Å². The van der Waals surface area contributed by atoms with Crippen LogP contribution in [0.4, 0.5) is 0 Å². The minimum absolute atomic E-state index is 0.0884. The topological polar surface area (TPSA) is 88.0 Å². The zero-order valence-electron chi connectivity index (χ0n) is 10.6. The lowest BCUT2D eigenvalue weighted by Crippen LogP contribution is -2.30. The quantitative estimate of drug-likeness (QED) is 0.692. The molecule has 0 spiro atoms. The highest BCUT2D eigenvalue weighted by molar-refractivity contribution is 5.89. The summed E-state index contributed by atoms with van der Waals surface area (Å²) in [5.41, 5.74) is -0.723. The summed E-state index contributed by atoms with van der Waals surface area (Å²) >= 11 is 0. The number of aromatic hydroxyl groups is 1. The standard InChI is InChI=1S/C14H11N3O3/c1-8-12(18)16-14(20)17(13(8)19)11-4-2-3-9-5-6-15-7-10(9)11/h2-7,19H,1H3,(H,16,18,20). The van der Waals surface area contributed by atoms with Gasteiger partial charge in [-0.15, -0.1) is 0 Å². The summed E-state index contributed by atoms with van der Waals surface area (Å²) in [5.74, 6) is -0.366. The second-order valence-electron chi connectivity index (χ2n) is 4.42. The molecule has 100 valence electrons. The van der Waals surface area contributed by atoms with E-state index in [0.29, 0.717) is 11.1 Å². The molecule has 1 aromatic carbocycles. The van der Waals surface area contributed by atoms with E-state index >= 15 is 0 Å². The molecule has 20 heavy (non-hydrogen) atoms. The highest BCUT2D eigenvalue weighted by Crippen LogP contribution is 2.23. The molecule has 6 heteroatoms. The van der Waals surface area contributed by atoms with Crippen LogP contribution in [0.1, 0.15) is 5.56 Å². The molecule has 0 saturated heterocycles. The zero-order valence-corrected chi connectivity index (χ0v) is 10.6. The van der Waals surface area contributed by atoms with Crippen molar-refractivity contribution in [1.82, 2.24) is 14.5 Å². The first-order valence-corrected chi connectivity index (χ1v) is 5.97. The van der Waals surface area contributed by atoms with Crippen LogP contribution in [0.15, 0.2) is 46.2 Å². The monoisotopic (exact) mass is 269 g/mol. The second-order valence-corrected chi connectivity index (χ2v) is 4.42. The van der Waals surface area contributed by atoms with Crippen LogP contribution < -0.4 is 11.2 Å². The van der Waals surface area contributed by atoms with E-state index < -0.39 is 11.2 Å². The van der Waals surface area contributed by atoms with Gasteiger partial charge in [0.15, 0.2) is 0 Å². The third kappa shape index (κ3) is 1.70. The van der Waals surface area contributed by atoms with E-state index in [9.17, 15) is 14.7 Å². The highest BCUT2D eigenvalue weighted by atomic mass is 16.3. The number of benzene rings is 1. The third-order valence-corrected chi connectivity index (χ3v) is 3.21. The van der Waals surface area contributed by atoms with E-state index in [2.05, 4.69) is 9.97 Å². The molecule has 3 aromatic rings. The molecule has 2 N–H and O–H groups in total. The summed E-state index contributed by atoms with van der Waals surface area (Å²) in [5, 5.41) is 11.7. The molecule has 0 aliphatic heterocycles. The first kappa shape index (κ1) is 12.2. The Hall–Kier alpha value is -2.89. The molecule has 0 aliphatic rings. The second kappa shape index (κ2) is 4.34. The van der Waals surface area contributed by atoms with Gasteiger partial charge in [-0.3, -0.25) is 14.8 Å². The molecule has 0 aliphatic carbocycles. The van der Waals surface area contributed by atoms with E-state index in [4.69, 9.17) is 0 Å². The van der Waals surface area contributed by atoms with Gasteiger partial charge < -0.3 is 5.11 Å². The maximum absolute atomic E-state index is 12.0. The summed E-state index contributed by atoms with van der Waals surface area (Å²) in [6.45, 7) is 1.45. The predicted molar refractivity (Wildman–Crippen MR) is 74.4 cm³/mol. The van der Waals surface area contributed by atoms with E-state index in [1.54, 1.807) is 30.6 Å². The van der Waals surface area contributed by atoms with Crippen LogP contribution in [0.2, 0.25) is 0 Å². The van der Waals surface area contributed by atoms with Crippen molar-refractivity contribution in [3.8, 4) is 11.6 Å². The Morgan fingerprint density at radius 2 is 2.05 bits per heavy atom. The molecular weight excluding hydrogens is 258 g/mol. The van der Waals surface area contributed by atoms with Crippen molar-refractivity contribution in [3.63, 3.8) is 0 Å². The fourth-order valence-electron chi connectivity index (χ4n) is 2.13. The summed E-state index contributed by atoms with van der Waals surface area (Å²) in [6.07, 6.45) is 3.25. The highest BCUT2D eigenvalue weighted by Gasteiger charge is 2.13. The Kier molecular flexibility index (Phi) is 2.64. The van der Waals surface area contributed by atoms with Crippen LogP contribution in [0.25, 0.3) is 16.5 Å². The van der Waals surface area contributed by atoms with E-state index in [0.717, 1.165) is 9.95 Å². The number of pyridine rings is 1. The molecule has 0 amide bonds. The van der Waals surface area contributed by atoms with E-state index in [-0.39, 0.29) is 11.4 Å². The molecule has 0 fully saturated rings. The van der Waals surface area contributed by atoms with Gasteiger partial charge in [0.25, 0.3) is 5.56 Å². The lowest BCUT2D eigenvalue weighted by molar-refractivity contribution is 0.426. The zero-order chi connectivity index (χ0) is 14.3. The average molecular weight is 269 g/mol. The molecule has 0 saturated carbocycles. The number of aromatic nitrogens is 3. The Labute approximate surface area is 113 Å². The summed E-state index contributed by atoms with van der Waals surface area (Å²) in [4.78, 5) is 29.7. The van der Waals surface area contributed by atoms with Gasteiger partial charge in [-0.25, -0.2) is 9.36 Å². The van der Waals surface area contributed by atoms with Crippen molar-refractivity contribution in [2.45, 2.75) is 6.92 Å². The predicted octanol–water partition coefficient (Wildman–Crippen LogP) is 1.09. The summed E-state index contributed by atoms with van der Waals surface area (Å²) in [7, 11) is 0. The Balaban J connectivity index is 2.47. The van der Waals surface area contributed by atoms with E-state index in [1.807, 2.05) is 6.07 Å². The number of nitrogens with zero attached hydrogens (tertiary/aromatic N) is 2. The number of nitrogens with one attached hydrogen (secondary N) is 1. The van der Waals surface area contributed by atoms with Crippen molar-refractivity contribution in [1.29, 1.82) is 0 Å². The molecule has 0 radical (unpaired) electrons. The van der Waals surface area contributed by atoms with Gasteiger partial charge in [-0.2, -0.15) is 0 Å². The first-order chi connectivity index (χ1) is 9.59. The van der Waals surface area contributed by atoms with Gasteiger partial charge in [0.2, 0.25) is 5.88 Å². The smallest absolute Gasteiger partial charge is 0.335 e. The van der Waals surface area contributed by atoms with Crippen LogP contribution in [0.5, 0.6) is 5.88 Å². The molecular formula is C14H11N3O3. The van der Waals surface area contributed by atoms with Gasteiger partial charge >= 0.3 is 5.69 Å². The lowest BCUT2D eigenvalue weighted by atomic mass is 10.1.